The molecule has 2 saturated heterocycles. The first-order valence-corrected chi connectivity index (χ1v) is 10.5. The maximum Gasteiger partial charge on any atom is 0.326 e. The highest BCUT2D eigenvalue weighted by atomic mass is 16.8. The van der Waals surface area contributed by atoms with Crippen molar-refractivity contribution in [2.24, 2.45) is 0 Å². The molecule has 9 nitrogen and oxygen atoms in total. The Morgan fingerprint density at radius 3 is 2.42 bits per heavy atom. The normalized spacial score (nSPS) is 26.7. The number of amides is 1. The first-order valence-electron chi connectivity index (χ1n) is 10.5. The van der Waals surface area contributed by atoms with Gasteiger partial charge in [0.05, 0.1) is 18.7 Å². The van der Waals surface area contributed by atoms with E-state index in [0.717, 1.165) is 5.56 Å². The van der Waals surface area contributed by atoms with E-state index in [2.05, 4.69) is 5.32 Å². The number of aliphatic carboxylic acids is 2. The SMILES string of the molecule is CC(N[C@@H](CCc1ccccc1)C(=O)O)C(=O)N1CC2OC(C)(C)OC2C[C@H]1C(=O)O. The molecule has 0 aliphatic carbocycles. The number of ether oxygens (including phenoxy) is 2. The molecule has 3 rings (SSSR count). The summed E-state index contributed by atoms with van der Waals surface area (Å²) in [5.74, 6) is -3.48. The van der Waals surface area contributed by atoms with Crippen molar-refractivity contribution in [3.05, 3.63) is 35.9 Å². The lowest BCUT2D eigenvalue weighted by atomic mass is 9.96. The van der Waals surface area contributed by atoms with Crippen molar-refractivity contribution in [1.29, 1.82) is 0 Å². The summed E-state index contributed by atoms with van der Waals surface area (Å²) in [6.45, 7) is 5.14. The number of benzene rings is 1. The van der Waals surface area contributed by atoms with Gasteiger partial charge in [0, 0.05) is 6.42 Å². The molecule has 0 aromatic heterocycles. The largest absolute Gasteiger partial charge is 0.480 e. The van der Waals surface area contributed by atoms with Crippen LogP contribution >= 0.6 is 0 Å². The van der Waals surface area contributed by atoms with E-state index in [4.69, 9.17) is 9.47 Å². The molecule has 2 aliphatic heterocycles. The third-order valence-electron chi connectivity index (χ3n) is 5.75. The Bertz CT molecular complexity index is 813. The van der Waals surface area contributed by atoms with Gasteiger partial charge >= 0.3 is 11.9 Å². The summed E-state index contributed by atoms with van der Waals surface area (Å²) >= 11 is 0. The Morgan fingerprint density at radius 2 is 1.81 bits per heavy atom. The molecule has 9 heteroatoms. The van der Waals surface area contributed by atoms with Crippen LogP contribution < -0.4 is 5.32 Å². The minimum Gasteiger partial charge on any atom is -0.480 e. The van der Waals surface area contributed by atoms with Gasteiger partial charge < -0.3 is 24.6 Å². The fraction of sp³-hybridized carbons (Fsp3) is 0.591. The van der Waals surface area contributed by atoms with Crippen LogP contribution in [0.3, 0.4) is 0 Å². The first kappa shape index (κ1) is 23.2. The van der Waals surface area contributed by atoms with Crippen molar-refractivity contribution in [1.82, 2.24) is 10.2 Å². The van der Waals surface area contributed by atoms with Gasteiger partial charge in [-0.15, -0.1) is 0 Å². The van der Waals surface area contributed by atoms with E-state index < -0.39 is 54.0 Å². The van der Waals surface area contributed by atoms with E-state index in [1.807, 2.05) is 30.3 Å². The predicted octanol–water partition coefficient (Wildman–Crippen LogP) is 1.26. The van der Waals surface area contributed by atoms with Gasteiger partial charge in [-0.1, -0.05) is 30.3 Å². The number of hydrogen-bond donors (Lipinski definition) is 3. The first-order chi connectivity index (χ1) is 14.6. The quantitative estimate of drug-likeness (QED) is 0.558. The van der Waals surface area contributed by atoms with E-state index in [9.17, 15) is 24.6 Å². The standard InChI is InChI=1S/C22H30N2O7/c1-13(23-15(20(26)27)10-9-14-7-5-4-6-8-14)19(25)24-12-18-17(11-16(24)21(28)29)30-22(2,3)31-18/h4-8,13,15-18,23H,9-12H2,1-3H3,(H,26,27)(H,28,29)/t13?,15-,16-,17?,18?/m0/s1. The maximum atomic E-state index is 13.1. The summed E-state index contributed by atoms with van der Waals surface area (Å²) in [5.41, 5.74) is 1.00. The van der Waals surface area contributed by atoms with Crippen molar-refractivity contribution in [2.45, 2.75) is 76.2 Å². The van der Waals surface area contributed by atoms with Crippen molar-refractivity contribution < 1.29 is 34.1 Å². The van der Waals surface area contributed by atoms with E-state index in [1.54, 1.807) is 20.8 Å². The number of rotatable bonds is 8. The average molecular weight is 434 g/mol. The molecule has 3 unspecified atom stereocenters. The third-order valence-corrected chi connectivity index (χ3v) is 5.75. The Hall–Kier alpha value is -2.49. The number of nitrogens with zero attached hydrogens (tertiary/aromatic N) is 1. The smallest absolute Gasteiger partial charge is 0.326 e. The van der Waals surface area contributed by atoms with Crippen LogP contribution in [0.1, 0.15) is 39.2 Å². The van der Waals surface area contributed by atoms with Crippen LogP contribution in [0.5, 0.6) is 0 Å². The minimum atomic E-state index is -1.12. The topological polar surface area (TPSA) is 125 Å². The fourth-order valence-electron chi connectivity index (χ4n) is 4.27. The highest BCUT2D eigenvalue weighted by Gasteiger charge is 2.50. The number of likely N-dealkylation sites (tertiary alicyclic amines) is 1. The van der Waals surface area contributed by atoms with Crippen LogP contribution in [0.2, 0.25) is 0 Å². The minimum absolute atomic E-state index is 0.0810. The molecule has 5 atom stereocenters. The summed E-state index contributed by atoms with van der Waals surface area (Å²) < 4.78 is 11.6. The molecule has 0 spiro atoms. The Balaban J connectivity index is 1.66. The molecular formula is C22H30N2O7. The van der Waals surface area contributed by atoms with Gasteiger partial charge in [0.15, 0.2) is 5.79 Å². The molecule has 1 amide bonds. The molecular weight excluding hydrogens is 404 g/mol. The predicted molar refractivity (Wildman–Crippen MR) is 110 cm³/mol. The number of carbonyl (C=O) groups is 3. The van der Waals surface area contributed by atoms with Crippen molar-refractivity contribution in [3.8, 4) is 0 Å². The molecule has 31 heavy (non-hydrogen) atoms. The monoisotopic (exact) mass is 434 g/mol. The van der Waals surface area contributed by atoms with Crippen LogP contribution in [0.15, 0.2) is 30.3 Å². The molecule has 2 heterocycles. The molecule has 3 N–H and O–H groups in total. The molecule has 0 radical (unpaired) electrons. The number of nitrogens with one attached hydrogen (secondary N) is 1. The lowest BCUT2D eigenvalue weighted by molar-refractivity contribution is -0.157. The van der Waals surface area contributed by atoms with Crippen LogP contribution in [0, 0.1) is 0 Å². The Labute approximate surface area is 181 Å². The van der Waals surface area contributed by atoms with Gasteiger partial charge in [0.1, 0.15) is 18.2 Å². The van der Waals surface area contributed by atoms with E-state index in [-0.39, 0.29) is 13.0 Å². The van der Waals surface area contributed by atoms with Gasteiger partial charge in [-0.25, -0.2) is 4.79 Å². The van der Waals surface area contributed by atoms with Gasteiger partial charge in [-0.3, -0.25) is 14.9 Å². The number of hydrogen-bond acceptors (Lipinski definition) is 6. The fourth-order valence-corrected chi connectivity index (χ4v) is 4.27. The second-order valence-electron chi connectivity index (χ2n) is 8.60. The van der Waals surface area contributed by atoms with E-state index in [1.165, 1.54) is 4.90 Å². The molecule has 0 saturated carbocycles. The van der Waals surface area contributed by atoms with Gasteiger partial charge in [0.2, 0.25) is 5.91 Å². The Kier molecular flexibility index (Phi) is 6.98. The van der Waals surface area contributed by atoms with Gasteiger partial charge in [0.25, 0.3) is 0 Å². The summed E-state index contributed by atoms with van der Waals surface area (Å²) in [6.07, 6.45) is 0.140. The molecule has 170 valence electrons. The summed E-state index contributed by atoms with van der Waals surface area (Å²) in [5, 5.41) is 22.1. The average Bonchev–Trinajstić information content (AvgIpc) is 3.02. The number of fused-ring (bicyclic) bond motifs is 1. The van der Waals surface area contributed by atoms with Crippen LogP contribution in [-0.4, -0.2) is 75.6 Å². The Morgan fingerprint density at radius 1 is 1.16 bits per heavy atom. The van der Waals surface area contributed by atoms with Gasteiger partial charge in [-0.2, -0.15) is 0 Å². The molecule has 2 aliphatic rings. The van der Waals surface area contributed by atoms with Crippen LogP contribution in [0.4, 0.5) is 0 Å². The second-order valence-corrected chi connectivity index (χ2v) is 8.60. The zero-order chi connectivity index (χ0) is 22.8. The van der Waals surface area contributed by atoms with E-state index in [0.29, 0.717) is 12.8 Å². The lowest BCUT2D eigenvalue weighted by Gasteiger charge is -2.39. The number of piperidine rings is 1. The highest BCUT2D eigenvalue weighted by molar-refractivity contribution is 5.87. The number of carboxylic acids is 2. The molecule has 1 aromatic carbocycles. The number of aryl methyl sites for hydroxylation is 1. The second kappa shape index (κ2) is 9.33. The van der Waals surface area contributed by atoms with E-state index >= 15 is 0 Å². The number of carboxylic acid groups (broad SMARTS) is 2. The van der Waals surface area contributed by atoms with Crippen molar-refractivity contribution in [2.75, 3.05) is 6.54 Å². The zero-order valence-electron chi connectivity index (χ0n) is 18.0. The van der Waals surface area contributed by atoms with Crippen molar-refractivity contribution >= 4 is 17.8 Å². The highest BCUT2D eigenvalue weighted by Crippen LogP contribution is 2.35. The maximum absolute atomic E-state index is 13.1. The van der Waals surface area contributed by atoms with Crippen molar-refractivity contribution in [3.63, 3.8) is 0 Å². The van der Waals surface area contributed by atoms with Gasteiger partial charge in [-0.05, 0) is 39.2 Å². The lowest BCUT2D eigenvalue weighted by Crippen LogP contribution is -2.60. The third kappa shape index (κ3) is 5.61. The molecule has 1 aromatic rings. The number of carbonyl (C=O) groups excluding carboxylic acids is 1. The zero-order valence-corrected chi connectivity index (χ0v) is 18.0. The summed E-state index contributed by atoms with van der Waals surface area (Å²) in [4.78, 5) is 37.9. The van der Waals surface area contributed by atoms with Crippen LogP contribution in [-0.2, 0) is 30.3 Å². The summed E-state index contributed by atoms with van der Waals surface area (Å²) in [7, 11) is 0. The van der Waals surface area contributed by atoms with Crippen LogP contribution in [0.25, 0.3) is 0 Å². The summed E-state index contributed by atoms with van der Waals surface area (Å²) in [6, 6.07) is 6.63. The molecule has 0 bridgehead atoms. The molecule has 2 fully saturated rings.